The molecule has 2 amide bonds. The van der Waals surface area contributed by atoms with Gasteiger partial charge in [0.1, 0.15) is 11.8 Å². The van der Waals surface area contributed by atoms with Crippen molar-refractivity contribution in [2.45, 2.75) is 19.4 Å². The lowest BCUT2D eigenvalue weighted by molar-refractivity contribution is -0.384. The molecule has 2 N–H and O–H groups in total. The number of carbonyl (C=O) groups excluding carboxylic acids is 2. The predicted octanol–water partition coefficient (Wildman–Crippen LogP) is 3.48. The monoisotopic (exact) mass is 417 g/mol. The molecule has 154 valence electrons. The van der Waals surface area contributed by atoms with E-state index in [4.69, 9.17) is 4.74 Å². The lowest BCUT2D eigenvalue weighted by atomic mass is 10.1. The third-order valence-corrected chi connectivity index (χ3v) is 4.63. The largest absolute Gasteiger partial charge is 0.494 e. The molecule has 2 rings (SSSR count). The first kappa shape index (κ1) is 22.2. The topological polar surface area (TPSA) is 111 Å². The second kappa shape index (κ2) is 11.1. The molecule has 0 saturated carbocycles. The number of hydrogen-bond donors (Lipinski definition) is 2. The van der Waals surface area contributed by atoms with Gasteiger partial charge in [0, 0.05) is 23.4 Å². The van der Waals surface area contributed by atoms with Crippen LogP contribution in [0.25, 0.3) is 0 Å². The Morgan fingerprint density at radius 2 is 1.93 bits per heavy atom. The summed E-state index contributed by atoms with van der Waals surface area (Å²) in [7, 11) is 0. The van der Waals surface area contributed by atoms with E-state index >= 15 is 0 Å². The maximum atomic E-state index is 12.7. The zero-order valence-corrected chi connectivity index (χ0v) is 17.0. The fourth-order valence-electron chi connectivity index (χ4n) is 2.54. The number of amides is 2. The van der Waals surface area contributed by atoms with Crippen LogP contribution < -0.4 is 15.4 Å². The molecule has 0 aliphatic heterocycles. The van der Waals surface area contributed by atoms with Crippen molar-refractivity contribution < 1.29 is 19.2 Å². The number of ether oxygens (including phenoxy) is 1. The Morgan fingerprint density at radius 3 is 2.55 bits per heavy atom. The minimum atomic E-state index is -0.777. The van der Waals surface area contributed by atoms with Crippen LogP contribution in [0.15, 0.2) is 48.5 Å². The van der Waals surface area contributed by atoms with Gasteiger partial charge in [0.15, 0.2) is 0 Å². The molecule has 0 spiro atoms. The molecule has 0 aromatic heterocycles. The molecule has 2 aromatic rings. The van der Waals surface area contributed by atoms with Crippen LogP contribution in [0.3, 0.4) is 0 Å². The number of rotatable bonds is 10. The van der Waals surface area contributed by atoms with E-state index in [2.05, 4.69) is 10.6 Å². The Labute approximate surface area is 173 Å². The van der Waals surface area contributed by atoms with Crippen molar-refractivity contribution >= 4 is 35.0 Å². The van der Waals surface area contributed by atoms with Crippen LogP contribution in [-0.2, 0) is 4.79 Å². The fourth-order valence-corrected chi connectivity index (χ4v) is 3.01. The summed E-state index contributed by atoms with van der Waals surface area (Å²) in [6.07, 6.45) is 2.33. The molecule has 0 saturated heterocycles. The van der Waals surface area contributed by atoms with Crippen LogP contribution >= 0.6 is 11.8 Å². The zero-order chi connectivity index (χ0) is 21.2. The van der Waals surface area contributed by atoms with E-state index in [1.807, 2.05) is 13.2 Å². The number of nitrogens with zero attached hydrogens (tertiary/aromatic N) is 1. The minimum absolute atomic E-state index is 0.127. The summed E-state index contributed by atoms with van der Waals surface area (Å²) in [6, 6.07) is 11.6. The third-order valence-electron chi connectivity index (χ3n) is 3.98. The van der Waals surface area contributed by atoms with Gasteiger partial charge >= 0.3 is 0 Å². The summed E-state index contributed by atoms with van der Waals surface area (Å²) >= 11 is 1.55. The summed E-state index contributed by atoms with van der Waals surface area (Å²) in [5.74, 6) is 0.461. The van der Waals surface area contributed by atoms with Crippen molar-refractivity contribution in [3.8, 4) is 5.75 Å². The molecule has 8 nitrogen and oxygen atoms in total. The molecule has 0 heterocycles. The van der Waals surface area contributed by atoms with Crippen molar-refractivity contribution in [3.63, 3.8) is 0 Å². The van der Waals surface area contributed by atoms with Gasteiger partial charge in [0.25, 0.3) is 11.6 Å². The summed E-state index contributed by atoms with van der Waals surface area (Å²) < 4.78 is 5.37. The first-order chi connectivity index (χ1) is 13.9. The van der Waals surface area contributed by atoms with E-state index in [0.29, 0.717) is 30.2 Å². The fraction of sp³-hybridized carbons (Fsp3) is 0.300. The Bertz CT molecular complexity index is 857. The molecule has 2 aromatic carbocycles. The maximum Gasteiger partial charge on any atom is 0.270 e. The normalized spacial score (nSPS) is 11.4. The summed E-state index contributed by atoms with van der Waals surface area (Å²) in [6.45, 7) is 2.43. The second-order valence-corrected chi connectivity index (χ2v) is 7.05. The van der Waals surface area contributed by atoms with Crippen LogP contribution in [-0.4, -0.2) is 41.4 Å². The van der Waals surface area contributed by atoms with Gasteiger partial charge in [-0.3, -0.25) is 19.7 Å². The van der Waals surface area contributed by atoms with Gasteiger partial charge in [-0.1, -0.05) is 6.07 Å². The molecule has 0 aliphatic carbocycles. The number of carbonyl (C=O) groups is 2. The Hall–Kier alpha value is -3.07. The van der Waals surface area contributed by atoms with Crippen molar-refractivity contribution in [2.24, 2.45) is 0 Å². The van der Waals surface area contributed by atoms with Crippen LogP contribution in [0.5, 0.6) is 5.75 Å². The smallest absolute Gasteiger partial charge is 0.270 e. The van der Waals surface area contributed by atoms with Crippen molar-refractivity contribution in [3.05, 3.63) is 64.2 Å². The van der Waals surface area contributed by atoms with Gasteiger partial charge in [-0.25, -0.2) is 0 Å². The van der Waals surface area contributed by atoms with Gasteiger partial charge in [-0.05, 0) is 55.7 Å². The average Bonchev–Trinajstić information content (AvgIpc) is 2.72. The van der Waals surface area contributed by atoms with Crippen molar-refractivity contribution in [2.75, 3.05) is 23.9 Å². The second-order valence-electron chi connectivity index (χ2n) is 6.06. The Kier molecular flexibility index (Phi) is 8.47. The molecule has 0 radical (unpaired) electrons. The van der Waals surface area contributed by atoms with Crippen LogP contribution in [0.1, 0.15) is 23.7 Å². The standard InChI is InChI=1S/C20H23N3O5S/c1-3-28-17-9-7-15(8-10-17)21-20(25)18(11-12-29-2)22-19(24)14-5-4-6-16(13-14)23(26)27/h4-10,13,18H,3,11-12H2,1-2H3,(H,21,25)(H,22,24)/t18-/m1/s1. The van der Waals surface area contributed by atoms with E-state index in [-0.39, 0.29) is 17.2 Å². The number of benzene rings is 2. The third kappa shape index (κ3) is 6.79. The highest BCUT2D eigenvalue weighted by molar-refractivity contribution is 7.98. The molecular weight excluding hydrogens is 394 g/mol. The van der Waals surface area contributed by atoms with E-state index in [1.54, 1.807) is 36.0 Å². The highest BCUT2D eigenvalue weighted by Crippen LogP contribution is 2.17. The van der Waals surface area contributed by atoms with Crippen LogP contribution in [0.2, 0.25) is 0 Å². The molecule has 0 fully saturated rings. The molecule has 1 atom stereocenters. The molecule has 0 unspecified atom stereocenters. The van der Waals surface area contributed by atoms with Gasteiger partial charge in [0.2, 0.25) is 5.91 Å². The molecule has 9 heteroatoms. The van der Waals surface area contributed by atoms with Gasteiger partial charge in [-0.2, -0.15) is 11.8 Å². The number of anilines is 1. The summed E-state index contributed by atoms with van der Waals surface area (Å²) in [5.41, 5.74) is 0.525. The Balaban J connectivity index is 2.09. The summed E-state index contributed by atoms with van der Waals surface area (Å²) in [4.78, 5) is 35.6. The van der Waals surface area contributed by atoms with Gasteiger partial charge in [0.05, 0.1) is 11.5 Å². The van der Waals surface area contributed by atoms with E-state index < -0.39 is 16.9 Å². The maximum absolute atomic E-state index is 12.7. The number of hydrogen-bond acceptors (Lipinski definition) is 6. The molecule has 29 heavy (non-hydrogen) atoms. The molecule has 0 aliphatic rings. The van der Waals surface area contributed by atoms with E-state index in [0.717, 1.165) is 0 Å². The number of nitro groups is 1. The molecule has 0 bridgehead atoms. The number of thioether (sulfide) groups is 1. The summed E-state index contributed by atoms with van der Waals surface area (Å²) in [5, 5.41) is 16.4. The van der Waals surface area contributed by atoms with E-state index in [1.165, 1.54) is 24.3 Å². The van der Waals surface area contributed by atoms with Gasteiger partial charge < -0.3 is 15.4 Å². The highest BCUT2D eigenvalue weighted by atomic mass is 32.2. The van der Waals surface area contributed by atoms with Crippen molar-refractivity contribution in [1.82, 2.24) is 5.32 Å². The lowest BCUT2D eigenvalue weighted by Gasteiger charge is -2.18. The molecular formula is C20H23N3O5S. The predicted molar refractivity (Wildman–Crippen MR) is 114 cm³/mol. The SMILES string of the molecule is CCOc1ccc(NC(=O)[C@@H](CCSC)NC(=O)c2cccc([N+](=O)[O-])c2)cc1. The zero-order valence-electron chi connectivity index (χ0n) is 16.2. The number of nitro benzene ring substituents is 1. The van der Waals surface area contributed by atoms with E-state index in [9.17, 15) is 19.7 Å². The van der Waals surface area contributed by atoms with Crippen LogP contribution in [0, 0.1) is 10.1 Å². The van der Waals surface area contributed by atoms with Crippen molar-refractivity contribution in [1.29, 1.82) is 0 Å². The minimum Gasteiger partial charge on any atom is -0.494 e. The number of non-ortho nitro benzene ring substituents is 1. The van der Waals surface area contributed by atoms with Gasteiger partial charge in [-0.15, -0.1) is 0 Å². The number of nitrogens with one attached hydrogen (secondary N) is 2. The average molecular weight is 417 g/mol. The quantitative estimate of drug-likeness (QED) is 0.452. The Morgan fingerprint density at radius 1 is 1.21 bits per heavy atom. The highest BCUT2D eigenvalue weighted by Gasteiger charge is 2.22. The van der Waals surface area contributed by atoms with Crippen LogP contribution in [0.4, 0.5) is 11.4 Å². The lowest BCUT2D eigenvalue weighted by Crippen LogP contribution is -2.44. The first-order valence-electron chi connectivity index (χ1n) is 9.02. The first-order valence-corrected chi connectivity index (χ1v) is 10.4.